The van der Waals surface area contributed by atoms with Gasteiger partial charge in [0.2, 0.25) is 0 Å². The van der Waals surface area contributed by atoms with Gasteiger partial charge in [0.25, 0.3) is 0 Å². The van der Waals surface area contributed by atoms with Gasteiger partial charge in [-0.1, -0.05) is 33.6 Å². The van der Waals surface area contributed by atoms with Gasteiger partial charge in [0.15, 0.2) is 0 Å². The van der Waals surface area contributed by atoms with E-state index in [9.17, 15) is 4.39 Å². The van der Waals surface area contributed by atoms with Gasteiger partial charge in [-0.15, -0.1) is 11.3 Å². The zero-order valence-corrected chi connectivity index (χ0v) is 11.2. The second kappa shape index (κ2) is 4.84. The Morgan fingerprint density at radius 1 is 1.31 bits per heavy atom. The highest BCUT2D eigenvalue weighted by Gasteiger charge is 2.18. The summed E-state index contributed by atoms with van der Waals surface area (Å²) in [7, 11) is 0. The summed E-state index contributed by atoms with van der Waals surface area (Å²) in [5, 5.41) is 0. The van der Waals surface area contributed by atoms with Crippen LogP contribution in [0.1, 0.15) is 16.5 Å². The van der Waals surface area contributed by atoms with Gasteiger partial charge >= 0.3 is 0 Å². The van der Waals surface area contributed by atoms with Crippen molar-refractivity contribution >= 4 is 38.9 Å². The molecule has 84 valence electrons. The molecule has 1 nitrogen and oxygen atoms in total. The molecule has 0 saturated heterocycles. The molecule has 0 fully saturated rings. The maximum Gasteiger partial charge on any atom is 0.129 e. The van der Waals surface area contributed by atoms with Crippen LogP contribution in [0.5, 0.6) is 0 Å². The minimum Gasteiger partial charge on any atom is -0.319 e. The number of nitrogens with two attached hydrogens (primary N) is 1. The molecule has 0 aliphatic carbocycles. The van der Waals surface area contributed by atoms with E-state index < -0.39 is 6.04 Å². The Morgan fingerprint density at radius 3 is 2.62 bits per heavy atom. The summed E-state index contributed by atoms with van der Waals surface area (Å²) in [4.78, 5) is 0.843. The predicted molar refractivity (Wildman–Crippen MR) is 69.5 cm³/mol. The summed E-state index contributed by atoms with van der Waals surface area (Å²) < 4.78 is 15.0. The normalized spacial score (nSPS) is 12.8. The molecule has 0 bridgehead atoms. The molecule has 0 amide bonds. The number of rotatable bonds is 2. The maximum absolute atomic E-state index is 13.7. The average molecular weight is 321 g/mol. The van der Waals surface area contributed by atoms with Crippen molar-refractivity contribution in [1.82, 2.24) is 0 Å². The molecule has 16 heavy (non-hydrogen) atoms. The lowest BCUT2D eigenvalue weighted by Crippen LogP contribution is -2.12. The lowest BCUT2D eigenvalue weighted by atomic mass is 10.1. The number of thiophene rings is 1. The van der Waals surface area contributed by atoms with Crippen LogP contribution in [0.25, 0.3) is 0 Å². The summed E-state index contributed by atoms with van der Waals surface area (Å²) in [5.41, 5.74) is 6.47. The second-order valence-corrected chi connectivity index (χ2v) is 5.86. The van der Waals surface area contributed by atoms with Gasteiger partial charge < -0.3 is 5.73 Å². The quantitative estimate of drug-likeness (QED) is 0.874. The summed E-state index contributed by atoms with van der Waals surface area (Å²) in [5.74, 6) is -0.314. The Balaban J connectivity index is 2.45. The number of halogens is 3. The zero-order chi connectivity index (χ0) is 11.7. The van der Waals surface area contributed by atoms with Gasteiger partial charge in [-0.3, -0.25) is 0 Å². The molecule has 1 heterocycles. The molecule has 0 aliphatic rings. The SMILES string of the molecule is NC(c1ccc(Cl)s1)c1c(F)cccc1Br. The first-order valence-electron chi connectivity index (χ1n) is 4.54. The Labute approximate surface area is 110 Å². The largest absolute Gasteiger partial charge is 0.319 e. The van der Waals surface area contributed by atoms with Crippen LogP contribution in [-0.4, -0.2) is 0 Å². The smallest absolute Gasteiger partial charge is 0.129 e. The van der Waals surface area contributed by atoms with E-state index >= 15 is 0 Å². The van der Waals surface area contributed by atoms with Crippen molar-refractivity contribution in [2.45, 2.75) is 6.04 Å². The van der Waals surface area contributed by atoms with Crippen molar-refractivity contribution in [3.8, 4) is 0 Å². The third kappa shape index (κ3) is 2.30. The second-order valence-electron chi connectivity index (χ2n) is 3.25. The van der Waals surface area contributed by atoms with Crippen LogP contribution >= 0.6 is 38.9 Å². The first-order valence-corrected chi connectivity index (χ1v) is 6.53. The molecule has 0 spiro atoms. The van der Waals surface area contributed by atoms with Crippen molar-refractivity contribution in [2.24, 2.45) is 5.73 Å². The highest BCUT2D eigenvalue weighted by molar-refractivity contribution is 9.10. The van der Waals surface area contributed by atoms with E-state index in [0.29, 0.717) is 14.4 Å². The summed E-state index contributed by atoms with van der Waals surface area (Å²) in [6, 6.07) is 7.89. The fraction of sp³-hybridized carbons (Fsp3) is 0.0909. The van der Waals surface area contributed by atoms with E-state index in [1.807, 2.05) is 6.07 Å². The highest BCUT2D eigenvalue weighted by atomic mass is 79.9. The first kappa shape index (κ1) is 12.0. The molecule has 5 heteroatoms. The monoisotopic (exact) mass is 319 g/mol. The first-order chi connectivity index (χ1) is 7.59. The van der Waals surface area contributed by atoms with Crippen molar-refractivity contribution in [2.75, 3.05) is 0 Å². The standard InChI is InChI=1S/C11H8BrClFNS/c12-6-2-1-3-7(14)10(6)11(15)8-4-5-9(13)16-8/h1-5,11H,15H2. The molecule has 1 atom stereocenters. The molecule has 1 aromatic carbocycles. The van der Waals surface area contributed by atoms with Crippen molar-refractivity contribution in [3.05, 3.63) is 55.4 Å². The van der Waals surface area contributed by atoms with Crippen LogP contribution in [0, 0.1) is 5.82 Å². The van der Waals surface area contributed by atoms with Gasteiger partial charge in [0.1, 0.15) is 5.82 Å². The molecule has 2 aromatic rings. The Hall–Kier alpha value is -0.420. The van der Waals surface area contributed by atoms with Crippen molar-refractivity contribution in [1.29, 1.82) is 0 Å². The van der Waals surface area contributed by atoms with Crippen LogP contribution in [0.3, 0.4) is 0 Å². The van der Waals surface area contributed by atoms with Gasteiger partial charge in [-0.05, 0) is 24.3 Å². The summed E-state index contributed by atoms with van der Waals surface area (Å²) >= 11 is 10.5. The molecule has 0 saturated carbocycles. The van der Waals surface area contributed by atoms with Crippen LogP contribution in [0.15, 0.2) is 34.8 Å². The van der Waals surface area contributed by atoms with Crippen LogP contribution in [0.4, 0.5) is 4.39 Å². The topological polar surface area (TPSA) is 26.0 Å². The van der Waals surface area contributed by atoms with E-state index in [0.717, 1.165) is 4.88 Å². The Bertz CT molecular complexity index is 494. The molecule has 1 aromatic heterocycles. The summed E-state index contributed by atoms with van der Waals surface area (Å²) in [6.45, 7) is 0. The molecular formula is C11H8BrClFNS. The number of hydrogen-bond acceptors (Lipinski definition) is 2. The van der Waals surface area contributed by atoms with E-state index in [1.54, 1.807) is 18.2 Å². The lowest BCUT2D eigenvalue weighted by Gasteiger charge is -2.12. The van der Waals surface area contributed by atoms with E-state index in [1.165, 1.54) is 17.4 Å². The van der Waals surface area contributed by atoms with Gasteiger partial charge in [-0.25, -0.2) is 4.39 Å². The summed E-state index contributed by atoms with van der Waals surface area (Å²) in [6.07, 6.45) is 0. The van der Waals surface area contributed by atoms with Gasteiger partial charge in [0.05, 0.1) is 10.4 Å². The van der Waals surface area contributed by atoms with E-state index in [4.69, 9.17) is 17.3 Å². The van der Waals surface area contributed by atoms with Crippen LogP contribution in [-0.2, 0) is 0 Å². The number of benzene rings is 1. The minimum atomic E-state index is -0.493. The van der Waals surface area contributed by atoms with Crippen molar-refractivity contribution < 1.29 is 4.39 Å². The Kier molecular flexibility index (Phi) is 3.64. The molecule has 0 radical (unpaired) electrons. The maximum atomic E-state index is 13.7. The predicted octanol–water partition coefficient (Wildman–Crippen LogP) is 4.35. The Morgan fingerprint density at radius 2 is 2.06 bits per heavy atom. The van der Waals surface area contributed by atoms with E-state index in [2.05, 4.69) is 15.9 Å². The van der Waals surface area contributed by atoms with Gasteiger partial charge in [0, 0.05) is 14.9 Å². The third-order valence-corrected chi connectivity index (χ3v) is 4.22. The molecule has 2 rings (SSSR count). The molecule has 1 unspecified atom stereocenters. The molecule has 2 N–H and O–H groups in total. The van der Waals surface area contributed by atoms with E-state index in [-0.39, 0.29) is 5.82 Å². The lowest BCUT2D eigenvalue weighted by molar-refractivity contribution is 0.599. The number of hydrogen-bond donors (Lipinski definition) is 1. The van der Waals surface area contributed by atoms with Crippen LogP contribution in [0.2, 0.25) is 4.34 Å². The molecule has 0 aliphatic heterocycles. The fourth-order valence-corrected chi connectivity index (χ4v) is 3.11. The average Bonchev–Trinajstić information content (AvgIpc) is 2.64. The third-order valence-electron chi connectivity index (χ3n) is 2.21. The minimum absolute atomic E-state index is 0.314. The van der Waals surface area contributed by atoms with Gasteiger partial charge in [-0.2, -0.15) is 0 Å². The van der Waals surface area contributed by atoms with Crippen LogP contribution < -0.4 is 5.73 Å². The fourth-order valence-electron chi connectivity index (χ4n) is 1.45. The molecular weight excluding hydrogens is 313 g/mol. The highest BCUT2D eigenvalue weighted by Crippen LogP contribution is 2.33. The zero-order valence-electron chi connectivity index (χ0n) is 8.08. The van der Waals surface area contributed by atoms with Crippen molar-refractivity contribution in [3.63, 3.8) is 0 Å².